The van der Waals surface area contributed by atoms with Crippen LogP contribution in [0.4, 0.5) is 0 Å². The first-order valence-electron chi connectivity index (χ1n) is 8.58. The van der Waals surface area contributed by atoms with Gasteiger partial charge in [-0.05, 0) is 80.7 Å². The summed E-state index contributed by atoms with van der Waals surface area (Å²) in [6.45, 7) is 1.33. The van der Waals surface area contributed by atoms with Crippen LogP contribution in [0.1, 0.15) is 36.0 Å². The molecule has 0 aromatic heterocycles. The van der Waals surface area contributed by atoms with Crippen LogP contribution in [0.15, 0.2) is 48.5 Å². The Morgan fingerprint density at radius 3 is 2.00 bits per heavy atom. The van der Waals surface area contributed by atoms with Crippen molar-refractivity contribution in [3.05, 3.63) is 54.1 Å². The van der Waals surface area contributed by atoms with Crippen molar-refractivity contribution < 1.29 is 23.2 Å². The van der Waals surface area contributed by atoms with E-state index in [1.807, 2.05) is 0 Å². The molecule has 0 atom stereocenters. The lowest BCUT2D eigenvalue weighted by molar-refractivity contribution is 0.0734. The smallest absolute Gasteiger partial charge is 0.343 e. The zero-order valence-corrected chi connectivity index (χ0v) is 15.7. The standard InChI is InChI=1S/C20H24O5S/c1-22-17-10-12-19(13-11-17)25-20(21)16-6-8-18(9-7-16)23-14-4-2-3-5-15-24-26/h6-13,26H,2-5,14-15H2,1H3. The third-order valence-electron chi connectivity index (χ3n) is 3.76. The van der Waals surface area contributed by atoms with Crippen LogP contribution in [0.25, 0.3) is 0 Å². The Labute approximate surface area is 159 Å². The van der Waals surface area contributed by atoms with Gasteiger partial charge in [-0.1, -0.05) is 6.42 Å². The van der Waals surface area contributed by atoms with Gasteiger partial charge in [-0.2, -0.15) is 0 Å². The number of unbranched alkanes of at least 4 members (excludes halogenated alkanes) is 3. The van der Waals surface area contributed by atoms with Crippen LogP contribution in [0.3, 0.4) is 0 Å². The summed E-state index contributed by atoms with van der Waals surface area (Å²) in [5.74, 6) is 1.51. The van der Waals surface area contributed by atoms with E-state index in [1.54, 1.807) is 55.6 Å². The molecule has 0 fully saturated rings. The first-order chi connectivity index (χ1) is 12.7. The lowest BCUT2D eigenvalue weighted by Crippen LogP contribution is -2.08. The fourth-order valence-electron chi connectivity index (χ4n) is 2.31. The van der Waals surface area contributed by atoms with Gasteiger partial charge in [0.25, 0.3) is 0 Å². The molecule has 0 aliphatic rings. The van der Waals surface area contributed by atoms with Gasteiger partial charge in [-0.25, -0.2) is 4.79 Å². The average Bonchev–Trinajstić information content (AvgIpc) is 2.68. The third kappa shape index (κ3) is 6.98. The molecule has 6 heteroatoms. The topological polar surface area (TPSA) is 54.0 Å². The second-order valence-corrected chi connectivity index (χ2v) is 5.94. The van der Waals surface area contributed by atoms with Gasteiger partial charge in [-0.3, -0.25) is 0 Å². The van der Waals surface area contributed by atoms with Crippen LogP contribution < -0.4 is 14.2 Å². The maximum Gasteiger partial charge on any atom is 0.343 e. The minimum absolute atomic E-state index is 0.409. The van der Waals surface area contributed by atoms with Crippen LogP contribution in [0.5, 0.6) is 17.2 Å². The minimum Gasteiger partial charge on any atom is -0.497 e. The van der Waals surface area contributed by atoms with Gasteiger partial charge in [-0.15, -0.1) is 0 Å². The molecule has 0 heterocycles. The number of hydrogen-bond acceptors (Lipinski definition) is 6. The molecule has 2 rings (SSSR count). The van der Waals surface area contributed by atoms with Crippen molar-refractivity contribution in [2.24, 2.45) is 0 Å². The highest BCUT2D eigenvalue weighted by atomic mass is 32.1. The minimum atomic E-state index is -0.409. The van der Waals surface area contributed by atoms with Crippen molar-refractivity contribution in [1.29, 1.82) is 0 Å². The summed E-state index contributed by atoms with van der Waals surface area (Å²) < 4.78 is 20.8. The average molecular weight is 376 g/mol. The maximum atomic E-state index is 12.2. The van der Waals surface area contributed by atoms with E-state index in [0.717, 1.165) is 31.4 Å². The van der Waals surface area contributed by atoms with E-state index in [9.17, 15) is 4.79 Å². The van der Waals surface area contributed by atoms with Gasteiger partial charge >= 0.3 is 5.97 Å². The van der Waals surface area contributed by atoms with Crippen molar-refractivity contribution in [3.63, 3.8) is 0 Å². The summed E-state index contributed by atoms with van der Waals surface area (Å²) in [4.78, 5) is 12.2. The van der Waals surface area contributed by atoms with Crippen LogP contribution in [0, 0.1) is 0 Å². The highest BCUT2D eigenvalue weighted by molar-refractivity contribution is 7.75. The molecule has 0 spiro atoms. The zero-order valence-electron chi connectivity index (χ0n) is 14.8. The highest BCUT2D eigenvalue weighted by Crippen LogP contribution is 2.19. The Balaban J connectivity index is 1.74. The molecule has 2 aromatic rings. The Hall–Kier alpha value is -2.18. The van der Waals surface area contributed by atoms with Gasteiger partial charge in [0.05, 0.1) is 25.9 Å². The number of thiol groups is 1. The highest BCUT2D eigenvalue weighted by Gasteiger charge is 2.09. The predicted octanol–water partition coefficient (Wildman–Crippen LogP) is 4.72. The SMILES string of the molecule is COc1ccc(OC(=O)c2ccc(OCCCCCCOS)cc2)cc1. The zero-order chi connectivity index (χ0) is 18.6. The van der Waals surface area contributed by atoms with Crippen molar-refractivity contribution in [2.75, 3.05) is 20.3 Å². The van der Waals surface area contributed by atoms with Crippen LogP contribution in [-0.4, -0.2) is 26.3 Å². The summed E-state index contributed by atoms with van der Waals surface area (Å²) in [5, 5.41) is 0. The van der Waals surface area contributed by atoms with Crippen LogP contribution in [0.2, 0.25) is 0 Å². The Morgan fingerprint density at radius 2 is 1.38 bits per heavy atom. The summed E-state index contributed by atoms with van der Waals surface area (Å²) in [6.07, 6.45) is 4.17. The van der Waals surface area contributed by atoms with Gasteiger partial charge in [0.1, 0.15) is 17.2 Å². The second-order valence-electron chi connectivity index (χ2n) is 5.69. The Morgan fingerprint density at radius 1 is 0.808 bits per heavy atom. The lowest BCUT2D eigenvalue weighted by Gasteiger charge is -2.08. The van der Waals surface area contributed by atoms with E-state index < -0.39 is 5.97 Å². The largest absolute Gasteiger partial charge is 0.497 e. The molecule has 0 N–H and O–H groups in total. The van der Waals surface area contributed by atoms with Gasteiger partial charge in [0.15, 0.2) is 0 Å². The molecule has 5 nitrogen and oxygen atoms in total. The summed E-state index contributed by atoms with van der Waals surface area (Å²) in [6, 6.07) is 13.8. The maximum absolute atomic E-state index is 12.2. The van der Waals surface area contributed by atoms with Gasteiger partial charge in [0.2, 0.25) is 0 Å². The van der Waals surface area contributed by atoms with E-state index in [2.05, 4.69) is 12.9 Å². The van der Waals surface area contributed by atoms with Gasteiger partial charge < -0.3 is 18.4 Å². The molecular formula is C20H24O5S. The van der Waals surface area contributed by atoms with Crippen molar-refractivity contribution >= 4 is 18.9 Å². The molecule has 2 aromatic carbocycles. The van der Waals surface area contributed by atoms with Crippen LogP contribution in [-0.2, 0) is 4.18 Å². The number of benzene rings is 2. The fourth-order valence-corrected chi connectivity index (χ4v) is 2.44. The first kappa shape index (κ1) is 20.1. The Kier molecular flexibility index (Phi) is 8.86. The van der Waals surface area contributed by atoms with Crippen molar-refractivity contribution in [1.82, 2.24) is 0 Å². The first-order valence-corrected chi connectivity index (χ1v) is 8.95. The van der Waals surface area contributed by atoms with Gasteiger partial charge in [0, 0.05) is 0 Å². The molecular weight excluding hydrogens is 352 g/mol. The summed E-state index contributed by atoms with van der Waals surface area (Å²) in [7, 11) is 1.59. The number of methoxy groups -OCH3 is 1. The second kappa shape index (κ2) is 11.4. The number of carbonyl (C=O) groups is 1. The summed E-state index contributed by atoms with van der Waals surface area (Å²) >= 11 is 3.71. The van der Waals surface area contributed by atoms with E-state index >= 15 is 0 Å². The Bertz CT molecular complexity index is 655. The fraction of sp³-hybridized carbons (Fsp3) is 0.350. The number of esters is 1. The number of hydrogen-bond donors (Lipinski definition) is 1. The quantitative estimate of drug-likeness (QED) is 0.202. The van der Waals surface area contributed by atoms with Crippen LogP contribution >= 0.6 is 12.9 Å². The third-order valence-corrected chi connectivity index (χ3v) is 3.94. The van der Waals surface area contributed by atoms with Crippen molar-refractivity contribution in [3.8, 4) is 17.2 Å². The lowest BCUT2D eigenvalue weighted by atomic mass is 10.2. The molecule has 0 amide bonds. The van der Waals surface area contributed by atoms with E-state index in [0.29, 0.717) is 30.3 Å². The molecule has 0 unspecified atom stereocenters. The molecule has 26 heavy (non-hydrogen) atoms. The summed E-state index contributed by atoms with van der Waals surface area (Å²) in [5.41, 5.74) is 0.472. The number of carbonyl (C=O) groups excluding carboxylic acids is 1. The molecule has 0 bridgehead atoms. The number of ether oxygens (including phenoxy) is 3. The number of rotatable bonds is 11. The molecule has 0 saturated carbocycles. The molecule has 0 aliphatic heterocycles. The molecule has 0 radical (unpaired) electrons. The molecule has 0 aliphatic carbocycles. The normalized spacial score (nSPS) is 10.4. The van der Waals surface area contributed by atoms with Crippen molar-refractivity contribution in [2.45, 2.75) is 25.7 Å². The predicted molar refractivity (Wildman–Crippen MR) is 103 cm³/mol. The van der Waals surface area contributed by atoms with E-state index in [1.165, 1.54) is 0 Å². The monoisotopic (exact) mass is 376 g/mol. The molecule has 0 saturated heterocycles. The molecule has 140 valence electrons. The van der Waals surface area contributed by atoms with E-state index in [-0.39, 0.29) is 0 Å². The van der Waals surface area contributed by atoms with E-state index in [4.69, 9.17) is 18.4 Å².